The molecular formula is C7H20O3Si2. The molecular weight excluding hydrogens is 188 g/mol. The van der Waals surface area contributed by atoms with Crippen LogP contribution in [0.25, 0.3) is 0 Å². The van der Waals surface area contributed by atoms with Crippen LogP contribution in [0.1, 0.15) is 0 Å². The fourth-order valence-electron chi connectivity index (χ4n) is 0.899. The van der Waals surface area contributed by atoms with E-state index in [1.165, 1.54) is 0 Å². The van der Waals surface area contributed by atoms with E-state index in [9.17, 15) is 0 Å². The molecule has 0 N–H and O–H groups in total. The van der Waals surface area contributed by atoms with Crippen LogP contribution in [-0.2, 0) is 13.3 Å². The van der Waals surface area contributed by atoms with Crippen molar-refractivity contribution < 1.29 is 13.3 Å². The first-order chi connectivity index (χ1) is 5.55. The summed E-state index contributed by atoms with van der Waals surface area (Å²) in [6.07, 6.45) is 0. The summed E-state index contributed by atoms with van der Waals surface area (Å²) in [7, 11) is 2.49. The highest BCUT2D eigenvalue weighted by atomic mass is 28.4. The molecule has 0 atom stereocenters. The molecule has 0 heterocycles. The standard InChI is InChI=1S/C7H20O3Si2/c1-8-11(9-2)6-7-12(4,5)10-3/h11H,6-7H2,1-5H3. The zero-order valence-corrected chi connectivity index (χ0v) is 10.9. The molecule has 0 aromatic rings. The zero-order valence-electron chi connectivity index (χ0n) is 8.72. The lowest BCUT2D eigenvalue weighted by atomic mass is 10.9. The van der Waals surface area contributed by atoms with Crippen molar-refractivity contribution in [2.45, 2.75) is 25.2 Å². The lowest BCUT2D eigenvalue weighted by Crippen LogP contribution is -2.31. The molecule has 0 aliphatic rings. The van der Waals surface area contributed by atoms with Crippen LogP contribution in [0.3, 0.4) is 0 Å². The highest BCUT2D eigenvalue weighted by Crippen LogP contribution is 2.14. The molecule has 74 valence electrons. The van der Waals surface area contributed by atoms with E-state index >= 15 is 0 Å². The SMILES string of the molecule is CO[SiH](CC[Si](C)(C)OC)OC. The molecule has 0 aliphatic heterocycles. The first-order valence-electron chi connectivity index (χ1n) is 4.16. The number of rotatable bonds is 6. The van der Waals surface area contributed by atoms with E-state index in [1.807, 2.05) is 0 Å². The quantitative estimate of drug-likeness (QED) is 0.617. The summed E-state index contributed by atoms with van der Waals surface area (Å²) < 4.78 is 15.9. The predicted molar refractivity (Wildman–Crippen MR) is 55.3 cm³/mol. The second-order valence-electron chi connectivity index (χ2n) is 3.40. The summed E-state index contributed by atoms with van der Waals surface area (Å²) in [6, 6.07) is 2.18. The maximum atomic E-state index is 5.43. The van der Waals surface area contributed by atoms with E-state index in [-0.39, 0.29) is 0 Å². The van der Waals surface area contributed by atoms with Gasteiger partial charge in [-0.3, -0.25) is 0 Å². The Labute approximate surface area is 78.0 Å². The summed E-state index contributed by atoms with van der Waals surface area (Å²) in [4.78, 5) is 0. The van der Waals surface area contributed by atoms with Crippen LogP contribution >= 0.6 is 0 Å². The second-order valence-corrected chi connectivity index (χ2v) is 10.2. The van der Waals surface area contributed by atoms with Crippen molar-refractivity contribution in [1.29, 1.82) is 0 Å². The molecule has 0 saturated heterocycles. The van der Waals surface area contributed by atoms with Crippen LogP contribution in [0.15, 0.2) is 0 Å². The number of hydrogen-bond acceptors (Lipinski definition) is 3. The summed E-state index contributed by atoms with van der Waals surface area (Å²) in [5.74, 6) is 0. The first-order valence-corrected chi connectivity index (χ1v) is 9.04. The van der Waals surface area contributed by atoms with Gasteiger partial charge in [0.25, 0.3) is 0 Å². The molecule has 0 spiro atoms. The van der Waals surface area contributed by atoms with E-state index in [0.717, 1.165) is 12.1 Å². The number of hydrogen-bond donors (Lipinski definition) is 0. The monoisotopic (exact) mass is 208 g/mol. The van der Waals surface area contributed by atoms with Crippen molar-refractivity contribution in [2.75, 3.05) is 21.3 Å². The Bertz CT molecular complexity index is 115. The van der Waals surface area contributed by atoms with E-state index < -0.39 is 17.6 Å². The fourth-order valence-corrected chi connectivity index (χ4v) is 5.49. The average Bonchev–Trinajstić information content (AvgIpc) is 2.06. The molecule has 0 aromatic heterocycles. The minimum atomic E-state index is -1.40. The van der Waals surface area contributed by atoms with Gasteiger partial charge in [-0.2, -0.15) is 0 Å². The summed E-state index contributed by atoms with van der Waals surface area (Å²) >= 11 is 0. The van der Waals surface area contributed by atoms with Gasteiger partial charge < -0.3 is 13.3 Å². The second kappa shape index (κ2) is 5.87. The zero-order chi connectivity index (χ0) is 9.61. The van der Waals surface area contributed by atoms with E-state index in [0.29, 0.717) is 0 Å². The van der Waals surface area contributed by atoms with Gasteiger partial charge in [0.2, 0.25) is 0 Å². The molecule has 0 fully saturated rings. The summed E-state index contributed by atoms with van der Waals surface area (Å²) in [6.45, 7) is 4.42. The third-order valence-corrected chi connectivity index (χ3v) is 7.05. The summed E-state index contributed by atoms with van der Waals surface area (Å²) in [5, 5.41) is 0. The Hall–Kier alpha value is 0.314. The topological polar surface area (TPSA) is 27.7 Å². The molecule has 0 unspecified atom stereocenters. The first kappa shape index (κ1) is 12.3. The van der Waals surface area contributed by atoms with Gasteiger partial charge in [0, 0.05) is 21.3 Å². The summed E-state index contributed by atoms with van der Waals surface area (Å²) in [5.41, 5.74) is 0. The highest BCUT2D eigenvalue weighted by molar-refractivity contribution is 6.72. The average molecular weight is 208 g/mol. The molecule has 3 nitrogen and oxygen atoms in total. The van der Waals surface area contributed by atoms with Crippen molar-refractivity contribution in [2.24, 2.45) is 0 Å². The van der Waals surface area contributed by atoms with Crippen molar-refractivity contribution >= 4 is 17.6 Å². The third kappa shape index (κ3) is 5.05. The Kier molecular flexibility index (Phi) is 6.03. The van der Waals surface area contributed by atoms with Crippen LogP contribution in [0.5, 0.6) is 0 Å². The fraction of sp³-hybridized carbons (Fsp3) is 1.00. The van der Waals surface area contributed by atoms with Crippen LogP contribution in [0, 0.1) is 0 Å². The molecule has 12 heavy (non-hydrogen) atoms. The molecule has 0 bridgehead atoms. The van der Waals surface area contributed by atoms with Gasteiger partial charge in [0.05, 0.1) is 0 Å². The smallest absolute Gasteiger partial charge is 0.320 e. The lowest BCUT2D eigenvalue weighted by molar-refractivity contribution is 0.278. The van der Waals surface area contributed by atoms with Gasteiger partial charge in [-0.1, -0.05) is 0 Å². The predicted octanol–water partition coefficient (Wildman–Crippen LogP) is 1.35. The van der Waals surface area contributed by atoms with E-state index in [2.05, 4.69) is 13.1 Å². The largest absolute Gasteiger partial charge is 0.420 e. The van der Waals surface area contributed by atoms with Crippen LogP contribution in [-0.4, -0.2) is 38.9 Å². The van der Waals surface area contributed by atoms with Gasteiger partial charge >= 0.3 is 9.28 Å². The van der Waals surface area contributed by atoms with Crippen molar-refractivity contribution in [3.8, 4) is 0 Å². The molecule has 5 heteroatoms. The molecule has 0 rings (SSSR count). The molecule has 0 amide bonds. The molecule has 0 aliphatic carbocycles. The van der Waals surface area contributed by atoms with Gasteiger partial charge in [-0.25, -0.2) is 0 Å². The minimum absolute atomic E-state index is 1.06. The Balaban J connectivity index is 3.65. The van der Waals surface area contributed by atoms with Gasteiger partial charge in [0.15, 0.2) is 8.32 Å². The minimum Gasteiger partial charge on any atom is -0.420 e. The van der Waals surface area contributed by atoms with Gasteiger partial charge in [0.1, 0.15) is 0 Å². The van der Waals surface area contributed by atoms with Crippen molar-refractivity contribution in [3.63, 3.8) is 0 Å². The van der Waals surface area contributed by atoms with Gasteiger partial charge in [-0.05, 0) is 25.2 Å². The van der Waals surface area contributed by atoms with Crippen molar-refractivity contribution in [3.05, 3.63) is 0 Å². The molecule has 0 saturated carbocycles. The Morgan fingerprint density at radius 3 is 1.92 bits per heavy atom. The highest BCUT2D eigenvalue weighted by Gasteiger charge is 2.23. The third-order valence-electron chi connectivity index (χ3n) is 2.06. The molecule has 0 radical (unpaired) electrons. The molecule has 0 aromatic carbocycles. The van der Waals surface area contributed by atoms with E-state index in [1.54, 1.807) is 21.3 Å². The van der Waals surface area contributed by atoms with E-state index in [4.69, 9.17) is 13.3 Å². The lowest BCUT2D eigenvalue weighted by Gasteiger charge is -2.21. The van der Waals surface area contributed by atoms with Crippen molar-refractivity contribution in [1.82, 2.24) is 0 Å². The Morgan fingerprint density at radius 2 is 1.58 bits per heavy atom. The van der Waals surface area contributed by atoms with Crippen LogP contribution < -0.4 is 0 Å². The maximum absolute atomic E-state index is 5.43. The van der Waals surface area contributed by atoms with Gasteiger partial charge in [-0.15, -0.1) is 0 Å². The Morgan fingerprint density at radius 1 is 1.08 bits per heavy atom. The normalized spacial score (nSPS) is 12.5. The van der Waals surface area contributed by atoms with Crippen LogP contribution in [0.2, 0.25) is 25.2 Å². The van der Waals surface area contributed by atoms with Crippen LogP contribution in [0.4, 0.5) is 0 Å². The maximum Gasteiger partial charge on any atom is 0.320 e.